The van der Waals surface area contributed by atoms with Crippen LogP contribution in [-0.2, 0) is 11.2 Å². The van der Waals surface area contributed by atoms with E-state index in [1.165, 1.54) is 12.0 Å². The molecule has 1 heterocycles. The van der Waals surface area contributed by atoms with Gasteiger partial charge in [-0.25, -0.2) is 4.98 Å². The highest BCUT2D eigenvalue weighted by atomic mass is 32.1. The molecular formula is C18H22N2O2S. The van der Waals surface area contributed by atoms with Gasteiger partial charge in [-0.05, 0) is 30.5 Å². The fraction of sp³-hybridized carbons (Fsp3) is 0.444. The van der Waals surface area contributed by atoms with E-state index in [-0.39, 0.29) is 11.8 Å². The van der Waals surface area contributed by atoms with Crippen LogP contribution < -0.4 is 10.1 Å². The Kier molecular flexibility index (Phi) is 5.28. The lowest BCUT2D eigenvalue weighted by Crippen LogP contribution is -2.24. The lowest BCUT2D eigenvalue weighted by Gasteiger charge is -2.19. The highest BCUT2D eigenvalue weighted by Gasteiger charge is 2.21. The van der Waals surface area contributed by atoms with E-state index in [2.05, 4.69) is 16.4 Å². The number of hydrogen-bond acceptors (Lipinski definition) is 4. The van der Waals surface area contributed by atoms with Crippen LogP contribution in [-0.4, -0.2) is 18.0 Å². The van der Waals surface area contributed by atoms with E-state index in [0.29, 0.717) is 5.13 Å². The second-order valence-corrected chi connectivity index (χ2v) is 7.10. The summed E-state index contributed by atoms with van der Waals surface area (Å²) >= 11 is 1.55. The lowest BCUT2D eigenvalue weighted by molar-refractivity contribution is -0.120. The summed E-state index contributed by atoms with van der Waals surface area (Å²) < 4.78 is 5.25. The molecule has 1 aromatic carbocycles. The summed E-state index contributed by atoms with van der Waals surface area (Å²) in [6.07, 6.45) is 8.25. The van der Waals surface area contributed by atoms with Crippen LogP contribution in [0.5, 0.6) is 5.75 Å². The Hall–Kier alpha value is -1.88. The van der Waals surface area contributed by atoms with Crippen molar-refractivity contribution in [3.8, 4) is 5.75 Å². The van der Waals surface area contributed by atoms with Crippen molar-refractivity contribution in [3.63, 3.8) is 0 Å². The van der Waals surface area contributed by atoms with Crippen LogP contribution in [0.1, 0.15) is 42.5 Å². The molecule has 0 bridgehead atoms. The van der Waals surface area contributed by atoms with Crippen molar-refractivity contribution >= 4 is 22.4 Å². The van der Waals surface area contributed by atoms with Crippen LogP contribution in [0.3, 0.4) is 0 Å². The summed E-state index contributed by atoms with van der Waals surface area (Å²) in [7, 11) is 1.67. The Bertz CT molecular complexity index is 663. The molecule has 5 heteroatoms. The second kappa shape index (κ2) is 7.59. The number of thiazole rings is 1. The fourth-order valence-corrected chi connectivity index (χ4v) is 3.85. The number of carbonyl (C=O) groups is 1. The standard InChI is InChI=1S/C18H22N2O2S/c1-22-15-9-5-6-13(10-15)11-16-12-19-18(23-16)20-17(21)14-7-3-2-4-8-14/h5-6,9-10,12,14H,2-4,7-8,11H2,1H3,(H,19,20,21). The molecule has 1 amide bonds. The first-order chi connectivity index (χ1) is 11.2. The fourth-order valence-electron chi connectivity index (χ4n) is 3.00. The average Bonchev–Trinajstić information content (AvgIpc) is 3.02. The SMILES string of the molecule is COc1cccc(Cc2cnc(NC(=O)C3CCCCC3)s2)c1. The van der Waals surface area contributed by atoms with E-state index in [4.69, 9.17) is 4.74 Å². The van der Waals surface area contributed by atoms with Crippen LogP contribution >= 0.6 is 11.3 Å². The Balaban J connectivity index is 1.60. The molecule has 122 valence electrons. The molecule has 1 N–H and O–H groups in total. The number of aromatic nitrogens is 1. The number of ether oxygens (including phenoxy) is 1. The van der Waals surface area contributed by atoms with E-state index in [1.807, 2.05) is 24.4 Å². The van der Waals surface area contributed by atoms with Crippen molar-refractivity contribution in [3.05, 3.63) is 40.9 Å². The van der Waals surface area contributed by atoms with Crippen LogP contribution in [0.15, 0.2) is 30.5 Å². The van der Waals surface area contributed by atoms with Crippen molar-refractivity contribution in [2.24, 2.45) is 5.92 Å². The maximum absolute atomic E-state index is 12.3. The maximum atomic E-state index is 12.3. The van der Waals surface area contributed by atoms with E-state index in [9.17, 15) is 4.79 Å². The number of carbonyl (C=O) groups excluding carboxylic acids is 1. The van der Waals surface area contributed by atoms with Crippen molar-refractivity contribution in [1.29, 1.82) is 0 Å². The number of rotatable bonds is 5. The molecule has 0 saturated heterocycles. The van der Waals surface area contributed by atoms with Crippen molar-refractivity contribution in [2.45, 2.75) is 38.5 Å². The Morgan fingerprint density at radius 3 is 2.96 bits per heavy atom. The van der Waals surface area contributed by atoms with Crippen LogP contribution in [0.2, 0.25) is 0 Å². The first-order valence-electron chi connectivity index (χ1n) is 8.13. The quantitative estimate of drug-likeness (QED) is 0.891. The average molecular weight is 330 g/mol. The minimum absolute atomic E-state index is 0.131. The third-order valence-electron chi connectivity index (χ3n) is 4.27. The third-order valence-corrected chi connectivity index (χ3v) is 5.18. The molecular weight excluding hydrogens is 308 g/mol. The molecule has 0 spiro atoms. The van der Waals surface area contributed by atoms with Gasteiger partial charge in [-0.3, -0.25) is 4.79 Å². The van der Waals surface area contributed by atoms with Gasteiger partial charge in [0.05, 0.1) is 7.11 Å². The Morgan fingerprint density at radius 2 is 2.17 bits per heavy atom. The number of hydrogen-bond donors (Lipinski definition) is 1. The van der Waals surface area contributed by atoms with Crippen LogP contribution in [0.25, 0.3) is 0 Å². The van der Waals surface area contributed by atoms with Gasteiger partial charge >= 0.3 is 0 Å². The predicted octanol–water partition coefficient (Wildman–Crippen LogP) is 4.26. The first kappa shape index (κ1) is 16.0. The molecule has 0 radical (unpaired) electrons. The summed E-state index contributed by atoms with van der Waals surface area (Å²) in [6.45, 7) is 0. The summed E-state index contributed by atoms with van der Waals surface area (Å²) in [5.41, 5.74) is 1.18. The molecule has 23 heavy (non-hydrogen) atoms. The van der Waals surface area contributed by atoms with Gasteiger partial charge in [0.25, 0.3) is 0 Å². The van der Waals surface area contributed by atoms with Gasteiger partial charge < -0.3 is 10.1 Å². The number of nitrogens with one attached hydrogen (secondary N) is 1. The monoisotopic (exact) mass is 330 g/mol. The third kappa shape index (κ3) is 4.32. The van der Waals surface area contributed by atoms with Gasteiger partial charge in [-0.1, -0.05) is 31.4 Å². The van der Waals surface area contributed by atoms with Gasteiger partial charge in [-0.15, -0.1) is 11.3 Å². The van der Waals surface area contributed by atoms with Gasteiger partial charge in [0.15, 0.2) is 5.13 Å². The second-order valence-electron chi connectivity index (χ2n) is 5.98. The molecule has 0 unspecified atom stereocenters. The van der Waals surface area contributed by atoms with E-state index >= 15 is 0 Å². The van der Waals surface area contributed by atoms with Crippen molar-refractivity contribution in [2.75, 3.05) is 12.4 Å². The molecule has 2 aromatic rings. The van der Waals surface area contributed by atoms with E-state index < -0.39 is 0 Å². The van der Waals surface area contributed by atoms with Crippen molar-refractivity contribution < 1.29 is 9.53 Å². The summed E-state index contributed by atoms with van der Waals surface area (Å²) in [4.78, 5) is 17.7. The zero-order valence-electron chi connectivity index (χ0n) is 13.4. The summed E-state index contributed by atoms with van der Waals surface area (Å²) in [5, 5.41) is 3.69. The lowest BCUT2D eigenvalue weighted by atomic mass is 9.89. The van der Waals surface area contributed by atoms with Crippen LogP contribution in [0, 0.1) is 5.92 Å². The first-order valence-corrected chi connectivity index (χ1v) is 8.95. The maximum Gasteiger partial charge on any atom is 0.229 e. The van der Waals surface area contributed by atoms with Crippen molar-refractivity contribution in [1.82, 2.24) is 4.98 Å². The number of benzene rings is 1. The normalized spacial score (nSPS) is 15.3. The molecule has 1 fully saturated rings. The number of methoxy groups -OCH3 is 1. The number of amides is 1. The number of anilines is 1. The molecule has 1 aromatic heterocycles. The molecule has 0 aliphatic heterocycles. The van der Waals surface area contributed by atoms with Gasteiger partial charge in [0, 0.05) is 23.4 Å². The smallest absolute Gasteiger partial charge is 0.229 e. The summed E-state index contributed by atoms with van der Waals surface area (Å²) in [6, 6.07) is 8.02. The van der Waals surface area contributed by atoms with Crippen LogP contribution in [0.4, 0.5) is 5.13 Å². The molecule has 4 nitrogen and oxygen atoms in total. The van der Waals surface area contributed by atoms with Gasteiger partial charge in [0.2, 0.25) is 5.91 Å². The van der Waals surface area contributed by atoms with Gasteiger partial charge in [-0.2, -0.15) is 0 Å². The minimum Gasteiger partial charge on any atom is -0.497 e. The Labute approximate surface area is 140 Å². The molecule has 0 atom stereocenters. The molecule has 1 aliphatic carbocycles. The zero-order chi connectivity index (χ0) is 16.1. The molecule has 1 saturated carbocycles. The summed E-state index contributed by atoms with van der Waals surface area (Å²) in [5.74, 6) is 1.15. The zero-order valence-corrected chi connectivity index (χ0v) is 14.2. The van der Waals surface area contributed by atoms with Gasteiger partial charge in [0.1, 0.15) is 5.75 Å². The van der Waals surface area contributed by atoms with E-state index in [1.54, 1.807) is 18.4 Å². The highest BCUT2D eigenvalue weighted by molar-refractivity contribution is 7.15. The molecule has 3 rings (SSSR count). The molecule has 1 aliphatic rings. The number of nitrogens with zero attached hydrogens (tertiary/aromatic N) is 1. The highest BCUT2D eigenvalue weighted by Crippen LogP contribution is 2.27. The predicted molar refractivity (Wildman–Crippen MR) is 93.1 cm³/mol. The topological polar surface area (TPSA) is 51.2 Å². The largest absolute Gasteiger partial charge is 0.497 e. The van der Waals surface area contributed by atoms with E-state index in [0.717, 1.165) is 42.7 Å². The Morgan fingerprint density at radius 1 is 1.35 bits per heavy atom. The minimum atomic E-state index is 0.131.